The van der Waals surface area contributed by atoms with Crippen molar-refractivity contribution in [1.82, 2.24) is 10.3 Å². The molecule has 1 heterocycles. The van der Waals surface area contributed by atoms with Gasteiger partial charge in [0.15, 0.2) is 0 Å². The Bertz CT molecular complexity index is 379. The Morgan fingerprint density at radius 2 is 2.33 bits per heavy atom. The number of nitrogens with one attached hydrogen (secondary N) is 1. The van der Waals surface area contributed by atoms with Crippen LogP contribution in [0.3, 0.4) is 0 Å². The van der Waals surface area contributed by atoms with E-state index < -0.39 is 0 Å². The van der Waals surface area contributed by atoms with Crippen molar-refractivity contribution in [3.05, 3.63) is 23.9 Å². The first-order valence-electron chi connectivity index (χ1n) is 6.71. The highest BCUT2D eigenvalue weighted by Crippen LogP contribution is 2.36. The van der Waals surface area contributed by atoms with Crippen LogP contribution in [-0.2, 0) is 11.2 Å². The lowest BCUT2D eigenvalue weighted by Gasteiger charge is -2.27. The van der Waals surface area contributed by atoms with E-state index in [2.05, 4.69) is 17.2 Å². The SMILES string of the molecule is CCNC(Cc1cccnc1N)C(OC)C1CC1. The monoisotopic (exact) mass is 249 g/mol. The van der Waals surface area contributed by atoms with Crippen LogP contribution in [0.25, 0.3) is 0 Å². The first-order valence-corrected chi connectivity index (χ1v) is 6.71. The van der Waals surface area contributed by atoms with Gasteiger partial charge >= 0.3 is 0 Å². The number of nitrogens with zero attached hydrogens (tertiary/aromatic N) is 1. The molecule has 2 unspecified atom stereocenters. The van der Waals surface area contributed by atoms with Crippen molar-refractivity contribution < 1.29 is 4.74 Å². The predicted octanol–water partition coefficient (Wildman–Crippen LogP) is 1.61. The van der Waals surface area contributed by atoms with Crippen molar-refractivity contribution in [2.24, 2.45) is 5.92 Å². The van der Waals surface area contributed by atoms with Gasteiger partial charge in [0.1, 0.15) is 5.82 Å². The average Bonchev–Trinajstić information content (AvgIpc) is 3.18. The number of ether oxygens (including phenoxy) is 1. The third kappa shape index (κ3) is 3.21. The highest BCUT2D eigenvalue weighted by molar-refractivity contribution is 5.39. The topological polar surface area (TPSA) is 60.2 Å². The van der Waals surface area contributed by atoms with Gasteiger partial charge in [0.05, 0.1) is 6.10 Å². The maximum atomic E-state index is 5.92. The van der Waals surface area contributed by atoms with Crippen molar-refractivity contribution >= 4 is 5.82 Å². The number of methoxy groups -OCH3 is 1. The van der Waals surface area contributed by atoms with Crippen LogP contribution in [0.1, 0.15) is 25.3 Å². The molecule has 100 valence electrons. The second-order valence-corrected chi connectivity index (χ2v) is 4.95. The summed E-state index contributed by atoms with van der Waals surface area (Å²) in [6, 6.07) is 4.30. The molecule has 4 nitrogen and oxygen atoms in total. The first kappa shape index (κ1) is 13.3. The summed E-state index contributed by atoms with van der Waals surface area (Å²) in [4.78, 5) is 4.15. The van der Waals surface area contributed by atoms with E-state index in [0.717, 1.165) is 18.5 Å². The molecule has 1 aliphatic rings. The van der Waals surface area contributed by atoms with Crippen LogP contribution in [0.5, 0.6) is 0 Å². The number of hydrogen-bond donors (Lipinski definition) is 2. The molecule has 1 saturated carbocycles. The molecule has 2 atom stereocenters. The van der Waals surface area contributed by atoms with E-state index in [1.807, 2.05) is 12.1 Å². The fourth-order valence-corrected chi connectivity index (χ4v) is 2.54. The van der Waals surface area contributed by atoms with Crippen LogP contribution in [0.2, 0.25) is 0 Å². The zero-order valence-electron chi connectivity index (χ0n) is 11.2. The lowest BCUT2D eigenvalue weighted by molar-refractivity contribution is 0.0516. The minimum atomic E-state index is 0.282. The molecule has 0 aliphatic heterocycles. The van der Waals surface area contributed by atoms with Crippen LogP contribution < -0.4 is 11.1 Å². The maximum Gasteiger partial charge on any atom is 0.126 e. The van der Waals surface area contributed by atoms with Gasteiger partial charge in [0.2, 0.25) is 0 Å². The quantitative estimate of drug-likeness (QED) is 0.770. The van der Waals surface area contributed by atoms with Crippen LogP contribution >= 0.6 is 0 Å². The Balaban J connectivity index is 2.07. The summed E-state index contributed by atoms with van der Waals surface area (Å²) >= 11 is 0. The third-order valence-electron chi connectivity index (χ3n) is 3.59. The fraction of sp³-hybridized carbons (Fsp3) is 0.643. The Hall–Kier alpha value is -1.13. The predicted molar refractivity (Wildman–Crippen MR) is 73.3 cm³/mol. The number of aromatic nitrogens is 1. The van der Waals surface area contributed by atoms with Crippen LogP contribution in [0.4, 0.5) is 5.82 Å². The van der Waals surface area contributed by atoms with Gasteiger partial charge in [-0.15, -0.1) is 0 Å². The number of likely N-dealkylation sites (N-methyl/N-ethyl adjacent to an activating group) is 1. The highest BCUT2D eigenvalue weighted by Gasteiger charge is 2.36. The summed E-state index contributed by atoms with van der Waals surface area (Å²) in [6.07, 6.45) is 5.45. The van der Waals surface area contributed by atoms with Crippen molar-refractivity contribution in [1.29, 1.82) is 0 Å². The maximum absolute atomic E-state index is 5.92. The molecule has 3 N–H and O–H groups in total. The van der Waals surface area contributed by atoms with E-state index in [0.29, 0.717) is 17.8 Å². The summed E-state index contributed by atoms with van der Waals surface area (Å²) in [5.74, 6) is 1.34. The first-order chi connectivity index (χ1) is 8.76. The Labute approximate surface area is 109 Å². The zero-order valence-corrected chi connectivity index (χ0v) is 11.2. The summed E-state index contributed by atoms with van der Waals surface area (Å²) < 4.78 is 5.68. The largest absolute Gasteiger partial charge is 0.383 e. The minimum absolute atomic E-state index is 0.282. The zero-order chi connectivity index (χ0) is 13.0. The molecule has 1 aromatic rings. The number of pyridine rings is 1. The van der Waals surface area contributed by atoms with Crippen molar-refractivity contribution in [3.63, 3.8) is 0 Å². The molecule has 2 rings (SSSR count). The molecule has 0 bridgehead atoms. The van der Waals surface area contributed by atoms with Gasteiger partial charge in [0.25, 0.3) is 0 Å². The molecular weight excluding hydrogens is 226 g/mol. The van der Waals surface area contributed by atoms with Crippen molar-refractivity contribution in [2.75, 3.05) is 19.4 Å². The smallest absolute Gasteiger partial charge is 0.126 e. The molecule has 1 fully saturated rings. The molecule has 0 amide bonds. The number of anilines is 1. The Kier molecular flexibility index (Phi) is 4.55. The summed E-state index contributed by atoms with van der Waals surface area (Å²) in [7, 11) is 1.81. The molecule has 4 heteroatoms. The van der Waals surface area contributed by atoms with Gasteiger partial charge in [0, 0.05) is 19.3 Å². The van der Waals surface area contributed by atoms with E-state index in [1.54, 1.807) is 13.3 Å². The normalized spacial score (nSPS) is 18.6. The van der Waals surface area contributed by atoms with Crippen LogP contribution in [0, 0.1) is 5.92 Å². The van der Waals surface area contributed by atoms with Crippen molar-refractivity contribution in [3.8, 4) is 0 Å². The molecule has 18 heavy (non-hydrogen) atoms. The lowest BCUT2D eigenvalue weighted by Crippen LogP contribution is -2.43. The molecule has 1 aromatic heterocycles. The van der Waals surface area contributed by atoms with Gasteiger partial charge in [-0.3, -0.25) is 0 Å². The summed E-state index contributed by atoms with van der Waals surface area (Å²) in [6.45, 7) is 3.07. The van der Waals surface area contributed by atoms with E-state index >= 15 is 0 Å². The van der Waals surface area contributed by atoms with Crippen molar-refractivity contribution in [2.45, 2.75) is 38.3 Å². The van der Waals surface area contributed by atoms with Crippen LogP contribution in [-0.4, -0.2) is 30.8 Å². The Morgan fingerprint density at radius 3 is 2.89 bits per heavy atom. The molecule has 0 aromatic carbocycles. The van der Waals surface area contributed by atoms with Gasteiger partial charge in [-0.25, -0.2) is 4.98 Å². The minimum Gasteiger partial charge on any atom is -0.383 e. The highest BCUT2D eigenvalue weighted by atomic mass is 16.5. The summed E-state index contributed by atoms with van der Waals surface area (Å²) in [5.41, 5.74) is 7.02. The number of nitrogen functional groups attached to an aromatic ring is 1. The summed E-state index contributed by atoms with van der Waals surface area (Å²) in [5, 5.41) is 3.52. The average molecular weight is 249 g/mol. The van der Waals surface area contributed by atoms with E-state index in [9.17, 15) is 0 Å². The molecule has 1 aliphatic carbocycles. The lowest BCUT2D eigenvalue weighted by atomic mass is 9.98. The second-order valence-electron chi connectivity index (χ2n) is 4.95. The van der Waals surface area contributed by atoms with Gasteiger partial charge in [-0.05, 0) is 43.4 Å². The molecular formula is C14H23N3O. The molecule has 0 spiro atoms. The second kappa shape index (κ2) is 6.16. The van der Waals surface area contributed by atoms with E-state index in [1.165, 1.54) is 12.8 Å². The number of rotatable bonds is 7. The number of hydrogen-bond acceptors (Lipinski definition) is 4. The van der Waals surface area contributed by atoms with E-state index in [4.69, 9.17) is 10.5 Å². The third-order valence-corrected chi connectivity index (χ3v) is 3.59. The van der Waals surface area contributed by atoms with Gasteiger partial charge in [-0.1, -0.05) is 13.0 Å². The van der Waals surface area contributed by atoms with Crippen LogP contribution in [0.15, 0.2) is 18.3 Å². The molecule has 0 radical (unpaired) electrons. The Morgan fingerprint density at radius 1 is 1.56 bits per heavy atom. The fourth-order valence-electron chi connectivity index (χ4n) is 2.54. The van der Waals surface area contributed by atoms with E-state index in [-0.39, 0.29) is 6.10 Å². The van der Waals surface area contributed by atoms with Gasteiger partial charge < -0.3 is 15.8 Å². The standard InChI is InChI=1S/C14H23N3O/c1-3-16-12(13(18-2)10-6-7-10)9-11-5-4-8-17-14(11)15/h4-5,8,10,12-13,16H,3,6-7,9H2,1-2H3,(H2,15,17). The number of nitrogens with two attached hydrogens (primary N) is 1. The molecule has 0 saturated heterocycles. The van der Waals surface area contributed by atoms with Gasteiger partial charge in [-0.2, -0.15) is 0 Å².